The Morgan fingerprint density at radius 1 is 1.33 bits per heavy atom. The number of piperidine rings is 1. The van der Waals surface area contributed by atoms with Crippen LogP contribution in [-0.4, -0.2) is 42.1 Å². The summed E-state index contributed by atoms with van der Waals surface area (Å²) in [7, 11) is 0. The maximum atomic E-state index is 12.7. The number of halogens is 4. The average molecular weight is 343 g/mol. The summed E-state index contributed by atoms with van der Waals surface area (Å²) >= 11 is 5.94. The van der Waals surface area contributed by atoms with Crippen molar-refractivity contribution in [2.75, 3.05) is 26.2 Å². The fraction of sp³-hybridized carbons (Fsp3) is 0.667. The lowest BCUT2D eigenvalue weighted by molar-refractivity contribution is -0.141. The quantitative estimate of drug-likeness (QED) is 0.786. The summed E-state index contributed by atoms with van der Waals surface area (Å²) in [5.74, 6) is -1.02. The first-order chi connectivity index (χ1) is 9.88. The molecule has 2 heterocycles. The van der Waals surface area contributed by atoms with Gasteiger partial charge in [0.05, 0.1) is 0 Å². The van der Waals surface area contributed by atoms with Crippen LogP contribution in [0.5, 0.6) is 0 Å². The van der Waals surface area contributed by atoms with Crippen LogP contribution >= 0.6 is 22.9 Å². The summed E-state index contributed by atoms with van der Waals surface area (Å²) in [4.78, 5) is 16.4. The SMILES string of the molecule is O=C(OCCN1CCCCC1)c1sc(Cl)nc1C(F)(F)F. The summed E-state index contributed by atoms with van der Waals surface area (Å²) in [6.45, 7) is 2.45. The van der Waals surface area contributed by atoms with Crippen LogP contribution in [0.1, 0.15) is 34.6 Å². The first-order valence-electron chi connectivity index (χ1n) is 6.51. The lowest BCUT2D eigenvalue weighted by Crippen LogP contribution is -2.33. The highest BCUT2D eigenvalue weighted by atomic mass is 35.5. The van der Waals surface area contributed by atoms with E-state index in [9.17, 15) is 18.0 Å². The van der Waals surface area contributed by atoms with Gasteiger partial charge in [0.2, 0.25) is 0 Å². The second kappa shape index (κ2) is 6.93. The normalized spacial score (nSPS) is 17.0. The molecule has 0 N–H and O–H groups in total. The van der Waals surface area contributed by atoms with Gasteiger partial charge in [0.15, 0.2) is 10.2 Å². The standard InChI is InChI=1S/C12H14ClF3N2O2S/c13-11-17-9(12(14,15)16)8(21-11)10(19)20-7-6-18-4-2-1-3-5-18/h1-7H2. The third-order valence-corrected chi connectivity index (χ3v) is 4.28. The number of carbonyl (C=O) groups is 1. The fourth-order valence-electron chi connectivity index (χ4n) is 2.14. The number of carbonyl (C=O) groups excluding carboxylic acids is 1. The highest BCUT2D eigenvalue weighted by Gasteiger charge is 2.40. The monoisotopic (exact) mass is 342 g/mol. The summed E-state index contributed by atoms with van der Waals surface area (Å²) in [6, 6.07) is 0. The minimum atomic E-state index is -4.72. The van der Waals surface area contributed by atoms with Gasteiger partial charge in [0.1, 0.15) is 11.5 Å². The van der Waals surface area contributed by atoms with Gasteiger partial charge in [-0.15, -0.1) is 0 Å². The Bertz CT molecular complexity index is 501. The zero-order chi connectivity index (χ0) is 15.5. The van der Waals surface area contributed by atoms with Crippen LogP contribution in [-0.2, 0) is 10.9 Å². The minimum Gasteiger partial charge on any atom is -0.460 e. The topological polar surface area (TPSA) is 42.4 Å². The van der Waals surface area contributed by atoms with Crippen LogP contribution in [0.25, 0.3) is 0 Å². The van der Waals surface area contributed by atoms with E-state index in [2.05, 4.69) is 9.88 Å². The van der Waals surface area contributed by atoms with E-state index in [0.717, 1.165) is 25.9 Å². The average Bonchev–Trinajstić information content (AvgIpc) is 2.82. The largest absolute Gasteiger partial charge is 0.460 e. The van der Waals surface area contributed by atoms with E-state index >= 15 is 0 Å². The van der Waals surface area contributed by atoms with E-state index in [0.29, 0.717) is 17.9 Å². The van der Waals surface area contributed by atoms with E-state index < -0.39 is 22.7 Å². The number of esters is 1. The second-order valence-electron chi connectivity index (χ2n) is 4.68. The Balaban J connectivity index is 1.91. The molecule has 0 unspecified atom stereocenters. The van der Waals surface area contributed by atoms with Gasteiger partial charge in [-0.05, 0) is 25.9 Å². The molecule has 0 spiro atoms. The van der Waals surface area contributed by atoms with Crippen molar-refractivity contribution in [2.45, 2.75) is 25.4 Å². The van der Waals surface area contributed by atoms with Crippen molar-refractivity contribution in [3.63, 3.8) is 0 Å². The summed E-state index contributed by atoms with van der Waals surface area (Å²) in [6.07, 6.45) is -1.34. The van der Waals surface area contributed by atoms with Gasteiger partial charge in [-0.25, -0.2) is 9.78 Å². The molecule has 1 aromatic heterocycles. The number of ether oxygens (including phenoxy) is 1. The molecule has 0 saturated carbocycles. The van der Waals surface area contributed by atoms with Crippen LogP contribution in [0, 0.1) is 0 Å². The highest BCUT2D eigenvalue weighted by molar-refractivity contribution is 7.17. The van der Waals surface area contributed by atoms with Gasteiger partial charge in [-0.3, -0.25) is 4.90 Å². The van der Waals surface area contributed by atoms with Crippen molar-refractivity contribution in [2.24, 2.45) is 0 Å². The molecule has 4 nitrogen and oxygen atoms in total. The van der Waals surface area contributed by atoms with Gasteiger partial charge in [-0.1, -0.05) is 29.4 Å². The maximum Gasteiger partial charge on any atom is 0.435 e. The van der Waals surface area contributed by atoms with Crippen LogP contribution in [0.15, 0.2) is 0 Å². The third kappa shape index (κ3) is 4.55. The van der Waals surface area contributed by atoms with Crippen LogP contribution < -0.4 is 0 Å². The molecule has 1 aliphatic rings. The molecule has 0 bridgehead atoms. The molecule has 0 atom stereocenters. The van der Waals surface area contributed by atoms with Crippen LogP contribution in [0.3, 0.4) is 0 Å². The van der Waals surface area contributed by atoms with E-state index in [1.807, 2.05) is 0 Å². The van der Waals surface area contributed by atoms with Gasteiger partial charge in [-0.2, -0.15) is 13.2 Å². The lowest BCUT2D eigenvalue weighted by atomic mass is 10.1. The zero-order valence-electron chi connectivity index (χ0n) is 11.1. The first-order valence-corrected chi connectivity index (χ1v) is 7.70. The van der Waals surface area contributed by atoms with Gasteiger partial charge >= 0.3 is 12.1 Å². The van der Waals surface area contributed by atoms with Crippen molar-refractivity contribution in [3.8, 4) is 0 Å². The highest BCUT2D eigenvalue weighted by Crippen LogP contribution is 2.36. The van der Waals surface area contributed by atoms with Crippen LogP contribution in [0.2, 0.25) is 4.47 Å². The Kier molecular flexibility index (Phi) is 5.45. The number of likely N-dealkylation sites (tertiary alicyclic amines) is 1. The summed E-state index contributed by atoms with van der Waals surface area (Å²) < 4.78 is 42.7. The molecule has 0 aromatic carbocycles. The van der Waals surface area contributed by atoms with Gasteiger partial charge in [0.25, 0.3) is 0 Å². The van der Waals surface area contributed by atoms with Gasteiger partial charge < -0.3 is 4.74 Å². The Morgan fingerprint density at radius 3 is 2.62 bits per heavy atom. The van der Waals surface area contributed by atoms with Crippen LogP contribution in [0.4, 0.5) is 13.2 Å². The Morgan fingerprint density at radius 2 is 2.00 bits per heavy atom. The first kappa shape index (κ1) is 16.5. The molecule has 1 aliphatic heterocycles. The molecular weight excluding hydrogens is 329 g/mol. The molecule has 0 aliphatic carbocycles. The van der Waals surface area contributed by atoms with E-state index in [1.165, 1.54) is 6.42 Å². The van der Waals surface area contributed by atoms with Crippen molar-refractivity contribution in [1.82, 2.24) is 9.88 Å². The molecule has 118 valence electrons. The number of hydrogen-bond donors (Lipinski definition) is 0. The molecule has 1 fully saturated rings. The minimum absolute atomic E-state index is 0.0612. The molecule has 1 aromatic rings. The van der Waals surface area contributed by atoms with E-state index in [4.69, 9.17) is 16.3 Å². The van der Waals surface area contributed by atoms with Crippen molar-refractivity contribution in [3.05, 3.63) is 15.0 Å². The predicted molar refractivity (Wildman–Crippen MR) is 72.7 cm³/mol. The zero-order valence-corrected chi connectivity index (χ0v) is 12.7. The smallest absolute Gasteiger partial charge is 0.435 e. The molecule has 1 saturated heterocycles. The summed E-state index contributed by atoms with van der Waals surface area (Å²) in [5.41, 5.74) is -1.28. The number of hydrogen-bond acceptors (Lipinski definition) is 5. The Labute approximate surface area is 128 Å². The molecular formula is C12H14ClF3N2O2S. The Hall–Kier alpha value is -0.860. The van der Waals surface area contributed by atoms with E-state index in [1.54, 1.807) is 0 Å². The molecule has 0 amide bonds. The fourth-order valence-corrected chi connectivity index (χ4v) is 3.16. The number of aromatic nitrogens is 1. The summed E-state index contributed by atoms with van der Waals surface area (Å²) in [5, 5.41) is 0. The van der Waals surface area contributed by atoms with Crippen molar-refractivity contribution in [1.29, 1.82) is 0 Å². The molecule has 9 heteroatoms. The molecule has 2 rings (SSSR count). The second-order valence-corrected chi connectivity index (χ2v) is 6.26. The van der Waals surface area contributed by atoms with Crippen molar-refractivity contribution >= 4 is 28.9 Å². The number of alkyl halides is 3. The number of thiazole rings is 1. The predicted octanol–water partition coefficient (Wildman–Crippen LogP) is 3.46. The number of rotatable bonds is 4. The van der Waals surface area contributed by atoms with Crippen molar-refractivity contribution < 1.29 is 22.7 Å². The number of nitrogens with zero attached hydrogens (tertiary/aromatic N) is 2. The lowest BCUT2D eigenvalue weighted by Gasteiger charge is -2.25. The maximum absolute atomic E-state index is 12.7. The van der Waals surface area contributed by atoms with E-state index in [-0.39, 0.29) is 11.1 Å². The molecule has 0 radical (unpaired) electrons. The third-order valence-electron chi connectivity index (χ3n) is 3.14. The van der Waals surface area contributed by atoms with Gasteiger partial charge in [0, 0.05) is 6.54 Å². The molecule has 21 heavy (non-hydrogen) atoms.